The van der Waals surface area contributed by atoms with Crippen molar-refractivity contribution in [3.63, 3.8) is 0 Å². The lowest BCUT2D eigenvalue weighted by Gasteiger charge is -2.08. The first-order chi connectivity index (χ1) is 15.2. The minimum absolute atomic E-state index is 0.220. The standard InChI is InChI=1S/C22H36N2O7/c23-21(25)7-9-27-11-13-29-15-16-30-14-12-28-10-8-24-22(26)31-17-20-18-5-3-1-2-4-6-19(18)20/h18-20H,3-17H2,(H2,23,25)(H,24,26)/t18-,19?,20-/m1/s1. The van der Waals surface area contributed by atoms with E-state index in [0.29, 0.717) is 83.8 Å². The van der Waals surface area contributed by atoms with Gasteiger partial charge in [-0.1, -0.05) is 0 Å². The summed E-state index contributed by atoms with van der Waals surface area (Å²) in [6.07, 6.45) is 4.02. The van der Waals surface area contributed by atoms with E-state index in [4.69, 9.17) is 29.4 Å². The Balaban J connectivity index is 1.29. The number of hydrogen-bond acceptors (Lipinski definition) is 7. The molecule has 2 aliphatic rings. The SMILES string of the molecule is NC(=O)CCOCCOCCOCCOCCNC(=O)OC[C@H]1C2CCC#CCC[C@H]21. The molecule has 0 aliphatic heterocycles. The molecule has 0 aromatic heterocycles. The van der Waals surface area contributed by atoms with Gasteiger partial charge in [0.15, 0.2) is 0 Å². The van der Waals surface area contributed by atoms with Crippen LogP contribution in [0.2, 0.25) is 0 Å². The quantitative estimate of drug-likeness (QED) is 0.257. The van der Waals surface area contributed by atoms with Crippen molar-refractivity contribution in [3.05, 3.63) is 0 Å². The molecule has 2 rings (SSSR count). The molecule has 1 fully saturated rings. The first-order valence-electron chi connectivity index (χ1n) is 11.1. The lowest BCUT2D eigenvalue weighted by molar-refractivity contribution is -0.119. The minimum atomic E-state index is -0.383. The lowest BCUT2D eigenvalue weighted by atomic mass is 10.1. The van der Waals surface area contributed by atoms with Crippen molar-refractivity contribution in [2.75, 3.05) is 66.0 Å². The van der Waals surface area contributed by atoms with Gasteiger partial charge in [-0.25, -0.2) is 4.79 Å². The van der Waals surface area contributed by atoms with E-state index in [1.807, 2.05) is 0 Å². The van der Waals surface area contributed by atoms with E-state index >= 15 is 0 Å². The molecule has 0 saturated heterocycles. The average Bonchev–Trinajstić information content (AvgIpc) is 3.38. The Bertz CT molecular complexity index is 572. The molecule has 31 heavy (non-hydrogen) atoms. The van der Waals surface area contributed by atoms with Crippen molar-refractivity contribution in [1.29, 1.82) is 0 Å². The molecule has 0 heterocycles. The molecule has 1 saturated carbocycles. The Kier molecular flexibility index (Phi) is 13.0. The Morgan fingerprint density at radius 2 is 1.32 bits per heavy atom. The molecule has 2 aliphatic carbocycles. The van der Waals surface area contributed by atoms with Gasteiger partial charge in [-0.15, -0.1) is 11.8 Å². The van der Waals surface area contributed by atoms with Crippen LogP contribution in [-0.2, 0) is 28.5 Å². The second-order valence-corrected chi connectivity index (χ2v) is 7.61. The molecule has 3 N–H and O–H groups in total. The fraction of sp³-hybridized carbons (Fsp3) is 0.818. The van der Waals surface area contributed by atoms with Crippen LogP contribution in [0.1, 0.15) is 32.1 Å². The molecule has 0 aromatic carbocycles. The van der Waals surface area contributed by atoms with Crippen LogP contribution >= 0.6 is 0 Å². The third-order valence-corrected chi connectivity index (χ3v) is 5.37. The minimum Gasteiger partial charge on any atom is -0.449 e. The van der Waals surface area contributed by atoms with Gasteiger partial charge in [0.25, 0.3) is 0 Å². The lowest BCUT2D eigenvalue weighted by Crippen LogP contribution is -2.29. The van der Waals surface area contributed by atoms with Gasteiger partial charge >= 0.3 is 6.09 Å². The third kappa shape index (κ3) is 11.9. The monoisotopic (exact) mass is 440 g/mol. The third-order valence-electron chi connectivity index (χ3n) is 5.37. The first-order valence-corrected chi connectivity index (χ1v) is 11.1. The molecule has 0 bridgehead atoms. The number of fused-ring (bicyclic) bond motifs is 1. The van der Waals surface area contributed by atoms with Crippen LogP contribution in [0.25, 0.3) is 0 Å². The van der Waals surface area contributed by atoms with Crippen LogP contribution in [0, 0.1) is 29.6 Å². The molecule has 3 atom stereocenters. The van der Waals surface area contributed by atoms with Crippen LogP contribution in [0.3, 0.4) is 0 Å². The highest BCUT2D eigenvalue weighted by molar-refractivity contribution is 5.73. The Hall–Kier alpha value is -1.86. The molecule has 0 radical (unpaired) electrons. The highest BCUT2D eigenvalue weighted by atomic mass is 16.6. The number of hydrogen-bond donors (Lipinski definition) is 2. The summed E-state index contributed by atoms with van der Waals surface area (Å²) in [5.74, 6) is 7.85. The van der Waals surface area contributed by atoms with E-state index < -0.39 is 0 Å². The van der Waals surface area contributed by atoms with Gasteiger partial charge < -0.3 is 34.7 Å². The van der Waals surface area contributed by atoms with Crippen LogP contribution in [0.5, 0.6) is 0 Å². The molecule has 9 heteroatoms. The topological polar surface area (TPSA) is 118 Å². The molecule has 176 valence electrons. The Labute approximate surface area is 184 Å². The Morgan fingerprint density at radius 1 is 0.806 bits per heavy atom. The maximum Gasteiger partial charge on any atom is 0.407 e. The Morgan fingerprint density at radius 3 is 1.87 bits per heavy atom. The zero-order chi connectivity index (χ0) is 22.2. The van der Waals surface area contributed by atoms with Crippen molar-refractivity contribution in [1.82, 2.24) is 5.32 Å². The summed E-state index contributed by atoms with van der Waals surface area (Å²) in [6.45, 7) is 4.31. The molecule has 0 aromatic rings. The molecular weight excluding hydrogens is 404 g/mol. The van der Waals surface area contributed by atoms with Crippen LogP contribution < -0.4 is 11.1 Å². The second kappa shape index (κ2) is 15.9. The van der Waals surface area contributed by atoms with Gasteiger partial charge in [-0.05, 0) is 30.6 Å². The maximum atomic E-state index is 11.8. The van der Waals surface area contributed by atoms with Crippen molar-refractivity contribution >= 4 is 12.0 Å². The molecular formula is C22H36N2O7. The number of rotatable bonds is 17. The molecule has 1 unspecified atom stereocenters. The van der Waals surface area contributed by atoms with Gasteiger partial charge in [0.05, 0.1) is 59.5 Å². The van der Waals surface area contributed by atoms with E-state index in [1.54, 1.807) is 0 Å². The largest absolute Gasteiger partial charge is 0.449 e. The predicted octanol–water partition coefficient (Wildman–Crippen LogP) is 1.09. The summed E-state index contributed by atoms with van der Waals surface area (Å²) in [7, 11) is 0. The van der Waals surface area contributed by atoms with E-state index in [0.717, 1.165) is 25.7 Å². The molecule has 0 spiro atoms. The summed E-state index contributed by atoms with van der Waals surface area (Å²) < 4.78 is 26.6. The number of nitrogens with one attached hydrogen (secondary N) is 1. The highest BCUT2D eigenvalue weighted by Crippen LogP contribution is 2.52. The summed E-state index contributed by atoms with van der Waals surface area (Å²) >= 11 is 0. The number of carbonyl (C=O) groups excluding carboxylic acids is 2. The van der Waals surface area contributed by atoms with Gasteiger partial charge in [-0.2, -0.15) is 0 Å². The number of primary amides is 1. The number of nitrogens with two attached hydrogens (primary N) is 1. The van der Waals surface area contributed by atoms with Crippen molar-refractivity contribution in [2.24, 2.45) is 23.5 Å². The normalized spacial score (nSPS) is 21.7. The van der Waals surface area contributed by atoms with E-state index in [-0.39, 0.29) is 18.4 Å². The summed E-state index contributed by atoms with van der Waals surface area (Å²) in [6, 6.07) is 0. The van der Waals surface area contributed by atoms with Crippen LogP contribution in [0.4, 0.5) is 4.79 Å². The second-order valence-electron chi connectivity index (χ2n) is 7.61. The van der Waals surface area contributed by atoms with Crippen LogP contribution in [0.15, 0.2) is 0 Å². The van der Waals surface area contributed by atoms with Gasteiger partial charge in [-0.3, -0.25) is 4.79 Å². The first kappa shape index (κ1) is 25.4. The number of alkyl carbamates (subject to hydrolysis) is 1. The predicted molar refractivity (Wildman–Crippen MR) is 113 cm³/mol. The van der Waals surface area contributed by atoms with Gasteiger partial charge in [0.1, 0.15) is 0 Å². The summed E-state index contributed by atoms with van der Waals surface area (Å²) in [5.41, 5.74) is 5.00. The smallest absolute Gasteiger partial charge is 0.407 e. The van der Waals surface area contributed by atoms with E-state index in [9.17, 15) is 9.59 Å². The van der Waals surface area contributed by atoms with Crippen molar-refractivity contribution in [3.8, 4) is 11.8 Å². The molecule has 2 amide bonds. The number of ether oxygens (including phenoxy) is 5. The van der Waals surface area contributed by atoms with E-state index in [2.05, 4.69) is 17.2 Å². The van der Waals surface area contributed by atoms with Crippen molar-refractivity contribution in [2.45, 2.75) is 32.1 Å². The average molecular weight is 441 g/mol. The zero-order valence-corrected chi connectivity index (χ0v) is 18.3. The molecule has 9 nitrogen and oxygen atoms in total. The van der Waals surface area contributed by atoms with Crippen LogP contribution in [-0.4, -0.2) is 78.0 Å². The number of carbonyl (C=O) groups is 2. The fourth-order valence-corrected chi connectivity index (χ4v) is 3.67. The zero-order valence-electron chi connectivity index (χ0n) is 18.3. The highest BCUT2D eigenvalue weighted by Gasteiger charge is 2.49. The number of amides is 2. The van der Waals surface area contributed by atoms with Crippen molar-refractivity contribution < 1.29 is 33.3 Å². The fourth-order valence-electron chi connectivity index (χ4n) is 3.67. The summed E-state index contributed by atoms with van der Waals surface area (Å²) in [4.78, 5) is 22.3. The van der Waals surface area contributed by atoms with Gasteiger partial charge in [0, 0.05) is 25.8 Å². The maximum absolute atomic E-state index is 11.8. The summed E-state index contributed by atoms with van der Waals surface area (Å²) in [5, 5.41) is 2.71. The van der Waals surface area contributed by atoms with E-state index in [1.165, 1.54) is 0 Å². The van der Waals surface area contributed by atoms with Gasteiger partial charge in [0.2, 0.25) is 5.91 Å².